The summed E-state index contributed by atoms with van der Waals surface area (Å²) in [5.74, 6) is -1.18. The van der Waals surface area contributed by atoms with Crippen molar-refractivity contribution < 1.29 is 26.7 Å². The normalized spacial score (nSPS) is 18.9. The summed E-state index contributed by atoms with van der Waals surface area (Å²) in [7, 11) is 0. The third kappa shape index (κ3) is 5.70. The summed E-state index contributed by atoms with van der Waals surface area (Å²) >= 11 is 0. The Bertz CT molecular complexity index is 1130. The minimum absolute atomic E-state index is 0.0155. The van der Waals surface area contributed by atoms with E-state index in [4.69, 9.17) is 0 Å². The van der Waals surface area contributed by atoms with Crippen LogP contribution in [0.1, 0.15) is 69.8 Å². The van der Waals surface area contributed by atoms with E-state index in [2.05, 4.69) is 11.7 Å². The summed E-state index contributed by atoms with van der Waals surface area (Å²) in [4.78, 5) is 0. The van der Waals surface area contributed by atoms with Gasteiger partial charge in [0.2, 0.25) is 0 Å². The van der Waals surface area contributed by atoms with E-state index in [0.29, 0.717) is 22.4 Å². The maximum absolute atomic E-state index is 15.1. The molecule has 1 aliphatic rings. The van der Waals surface area contributed by atoms with E-state index in [1.54, 1.807) is 18.2 Å². The van der Waals surface area contributed by atoms with Gasteiger partial charge in [0, 0.05) is 10.9 Å². The largest absolute Gasteiger partial charge is 0.573 e. The lowest BCUT2D eigenvalue weighted by Crippen LogP contribution is -2.17. The average molecular weight is 477 g/mol. The minimum atomic E-state index is -4.98. The molecule has 0 heterocycles. The molecule has 0 aromatic heterocycles. The van der Waals surface area contributed by atoms with E-state index in [-0.39, 0.29) is 11.2 Å². The molecule has 0 aliphatic heterocycles. The zero-order chi connectivity index (χ0) is 24.3. The van der Waals surface area contributed by atoms with Gasteiger partial charge in [-0.2, -0.15) is 0 Å². The number of benzene rings is 3. The van der Waals surface area contributed by atoms with Crippen LogP contribution >= 0.6 is 0 Å². The Morgan fingerprint density at radius 1 is 0.882 bits per heavy atom. The van der Waals surface area contributed by atoms with Crippen LogP contribution in [0.15, 0.2) is 48.5 Å². The molecule has 0 unspecified atom stereocenters. The third-order valence-electron chi connectivity index (χ3n) is 6.98. The molecule has 1 nitrogen and oxygen atoms in total. The van der Waals surface area contributed by atoms with Crippen LogP contribution in [0, 0.1) is 17.6 Å². The number of unbranched alkanes of at least 4 members (excludes halogenated alkanes) is 2. The van der Waals surface area contributed by atoms with Crippen LogP contribution in [0.25, 0.3) is 21.9 Å². The van der Waals surface area contributed by atoms with Crippen LogP contribution in [-0.4, -0.2) is 6.36 Å². The van der Waals surface area contributed by atoms with Gasteiger partial charge in [-0.1, -0.05) is 62.9 Å². The number of ether oxygens (including phenoxy) is 1. The van der Waals surface area contributed by atoms with Crippen molar-refractivity contribution in [1.29, 1.82) is 0 Å². The Balaban J connectivity index is 1.49. The highest BCUT2D eigenvalue weighted by atomic mass is 19.4. The van der Waals surface area contributed by atoms with E-state index in [0.717, 1.165) is 30.4 Å². The molecule has 0 radical (unpaired) electrons. The highest BCUT2D eigenvalue weighted by Gasteiger charge is 2.32. The highest BCUT2D eigenvalue weighted by Crippen LogP contribution is 2.39. The second-order valence-corrected chi connectivity index (χ2v) is 9.31. The van der Waals surface area contributed by atoms with Gasteiger partial charge in [-0.25, -0.2) is 8.78 Å². The molecule has 0 amide bonds. The van der Waals surface area contributed by atoms with Gasteiger partial charge in [-0.05, 0) is 72.2 Å². The quantitative estimate of drug-likeness (QED) is 0.244. The van der Waals surface area contributed by atoms with Gasteiger partial charge in [0.15, 0.2) is 11.6 Å². The van der Waals surface area contributed by atoms with E-state index < -0.39 is 17.9 Å². The number of halogens is 5. The Morgan fingerprint density at radius 2 is 1.65 bits per heavy atom. The Hall–Kier alpha value is -2.63. The van der Waals surface area contributed by atoms with Crippen molar-refractivity contribution >= 4 is 10.8 Å². The summed E-state index contributed by atoms with van der Waals surface area (Å²) in [5.41, 5.74) is 1.93. The summed E-state index contributed by atoms with van der Waals surface area (Å²) in [6.45, 7) is 2.22. The first-order valence-electron chi connectivity index (χ1n) is 12.0. The zero-order valence-corrected chi connectivity index (χ0v) is 19.2. The van der Waals surface area contributed by atoms with Crippen molar-refractivity contribution in [2.24, 2.45) is 5.92 Å². The van der Waals surface area contributed by atoms with E-state index >= 15 is 4.39 Å². The van der Waals surface area contributed by atoms with Crippen molar-refractivity contribution in [1.82, 2.24) is 0 Å². The molecule has 34 heavy (non-hydrogen) atoms. The van der Waals surface area contributed by atoms with E-state index in [1.165, 1.54) is 56.7 Å². The Morgan fingerprint density at radius 3 is 2.32 bits per heavy atom. The Kier molecular flexibility index (Phi) is 7.44. The second kappa shape index (κ2) is 10.3. The fraction of sp³-hybridized carbons (Fsp3) is 0.429. The van der Waals surface area contributed by atoms with Crippen molar-refractivity contribution in [3.05, 3.63) is 65.7 Å². The molecule has 0 N–H and O–H groups in total. The summed E-state index contributed by atoms with van der Waals surface area (Å²) in [6.07, 6.45) is 4.66. The standard InChI is InChI=1S/C28H29F5O/c1-2-3-4-5-18-6-8-19(9-7-18)20-10-13-23(25(29)17-20)21-11-14-24-22(16-21)12-15-26(27(24)30)34-28(31,32)33/h10-19H,2-9H2,1H3. The van der Waals surface area contributed by atoms with Crippen LogP contribution in [0.4, 0.5) is 22.0 Å². The first-order chi connectivity index (χ1) is 16.2. The SMILES string of the molecule is CCCCCC1CCC(c2ccc(-c3ccc4c(F)c(OC(F)(F)F)ccc4c3)c(F)c2)CC1. The van der Waals surface area contributed by atoms with Gasteiger partial charge in [0.05, 0.1) is 0 Å². The molecule has 4 rings (SSSR count). The number of rotatable bonds is 7. The number of fused-ring (bicyclic) bond motifs is 1. The smallest absolute Gasteiger partial charge is 0.403 e. The number of alkyl halides is 3. The summed E-state index contributed by atoms with van der Waals surface area (Å²) < 4.78 is 70.7. The van der Waals surface area contributed by atoms with E-state index in [9.17, 15) is 17.6 Å². The highest BCUT2D eigenvalue weighted by molar-refractivity contribution is 5.89. The van der Waals surface area contributed by atoms with Crippen LogP contribution in [0.5, 0.6) is 5.75 Å². The molecular weight excluding hydrogens is 447 g/mol. The predicted molar refractivity (Wildman–Crippen MR) is 125 cm³/mol. The van der Waals surface area contributed by atoms with Crippen LogP contribution in [0.3, 0.4) is 0 Å². The molecule has 0 spiro atoms. The molecule has 1 saturated carbocycles. The van der Waals surface area contributed by atoms with Crippen LogP contribution < -0.4 is 4.74 Å². The molecule has 3 aromatic carbocycles. The lowest BCUT2D eigenvalue weighted by atomic mass is 9.77. The van der Waals surface area contributed by atoms with Crippen LogP contribution in [-0.2, 0) is 0 Å². The van der Waals surface area contributed by atoms with Gasteiger partial charge in [-0.3, -0.25) is 0 Å². The van der Waals surface area contributed by atoms with E-state index in [1.807, 2.05) is 6.07 Å². The molecule has 3 aromatic rings. The van der Waals surface area contributed by atoms with Gasteiger partial charge in [0.25, 0.3) is 0 Å². The maximum Gasteiger partial charge on any atom is 0.573 e. The van der Waals surface area contributed by atoms with Gasteiger partial charge >= 0.3 is 6.36 Å². The van der Waals surface area contributed by atoms with Crippen molar-refractivity contribution in [3.8, 4) is 16.9 Å². The molecule has 182 valence electrons. The molecule has 0 bridgehead atoms. The van der Waals surface area contributed by atoms with Gasteiger partial charge < -0.3 is 4.74 Å². The van der Waals surface area contributed by atoms with Crippen LogP contribution in [0.2, 0.25) is 0 Å². The first-order valence-corrected chi connectivity index (χ1v) is 12.0. The molecule has 1 aliphatic carbocycles. The lowest BCUT2D eigenvalue weighted by molar-refractivity contribution is -0.275. The van der Waals surface area contributed by atoms with Crippen molar-refractivity contribution in [3.63, 3.8) is 0 Å². The van der Waals surface area contributed by atoms with Gasteiger partial charge in [0.1, 0.15) is 5.82 Å². The van der Waals surface area contributed by atoms with Gasteiger partial charge in [-0.15, -0.1) is 13.2 Å². The fourth-order valence-corrected chi connectivity index (χ4v) is 5.13. The zero-order valence-electron chi connectivity index (χ0n) is 19.2. The topological polar surface area (TPSA) is 9.23 Å². The summed E-state index contributed by atoms with van der Waals surface area (Å²) in [6, 6.07) is 12.0. The molecule has 0 atom stereocenters. The predicted octanol–water partition coefficient (Wildman–Crippen LogP) is 9.54. The number of hydrogen-bond donors (Lipinski definition) is 0. The number of hydrogen-bond acceptors (Lipinski definition) is 1. The molecule has 0 saturated heterocycles. The molecule has 6 heteroatoms. The lowest BCUT2D eigenvalue weighted by Gasteiger charge is -2.29. The third-order valence-corrected chi connectivity index (χ3v) is 6.98. The fourth-order valence-electron chi connectivity index (χ4n) is 5.13. The Labute approximate surface area is 196 Å². The second-order valence-electron chi connectivity index (χ2n) is 9.31. The minimum Gasteiger partial charge on any atom is -0.403 e. The maximum atomic E-state index is 15.1. The summed E-state index contributed by atoms with van der Waals surface area (Å²) in [5, 5.41) is 0.354. The first kappa shape index (κ1) is 24.5. The van der Waals surface area contributed by atoms with Crippen molar-refractivity contribution in [2.45, 2.75) is 70.6 Å². The molecule has 1 fully saturated rings. The average Bonchev–Trinajstić information content (AvgIpc) is 2.80. The monoisotopic (exact) mass is 476 g/mol. The van der Waals surface area contributed by atoms with Crippen molar-refractivity contribution in [2.75, 3.05) is 0 Å². The molecular formula is C28H29F5O.